The Labute approximate surface area is 157 Å². The van der Waals surface area contributed by atoms with Crippen LogP contribution in [0.15, 0.2) is 47.4 Å². The molecule has 0 saturated carbocycles. The smallest absolute Gasteiger partial charge is 0.295 e. The van der Waals surface area contributed by atoms with E-state index in [-0.39, 0.29) is 5.69 Å². The lowest BCUT2D eigenvalue weighted by atomic mass is 10.1. The fraction of sp³-hybridized carbons (Fsp3) is 0.368. The Balaban J connectivity index is 1.83. The van der Waals surface area contributed by atoms with E-state index in [1.807, 2.05) is 6.07 Å². The van der Waals surface area contributed by atoms with Crippen molar-refractivity contribution in [2.24, 2.45) is 0 Å². The first-order valence-corrected chi connectivity index (χ1v) is 10.2. The lowest BCUT2D eigenvalue weighted by Crippen LogP contribution is -2.19. The molecular formula is C19H21F3N2O2S. The zero-order valence-electron chi connectivity index (χ0n) is 14.9. The predicted molar refractivity (Wildman–Crippen MR) is 97.7 cm³/mol. The average molecular weight is 398 g/mol. The number of benzene rings is 2. The molecule has 0 fully saturated rings. The van der Waals surface area contributed by atoms with Gasteiger partial charge in [0.25, 0.3) is 10.0 Å². The molecule has 146 valence electrons. The molecule has 0 aromatic heterocycles. The van der Waals surface area contributed by atoms with Crippen LogP contribution in [0.3, 0.4) is 0 Å². The molecule has 8 heteroatoms. The minimum Gasteiger partial charge on any atom is -0.295 e. The molecule has 0 atom stereocenters. The lowest BCUT2D eigenvalue weighted by Gasteiger charge is -2.14. The normalized spacial score (nSPS) is 15.0. The molecule has 0 amide bonds. The third-order valence-corrected chi connectivity index (χ3v) is 6.00. The SMILES string of the molecule is CCCCN1Cc2ccc(NS(=O)(=O)c3ccccc3C(F)(F)F)cc2C1. The summed E-state index contributed by atoms with van der Waals surface area (Å²) in [5.41, 5.74) is 1.20. The highest BCUT2D eigenvalue weighted by Crippen LogP contribution is 2.35. The van der Waals surface area contributed by atoms with Crippen molar-refractivity contribution in [2.75, 3.05) is 11.3 Å². The summed E-state index contributed by atoms with van der Waals surface area (Å²) in [6.45, 7) is 4.60. The largest absolute Gasteiger partial charge is 0.417 e. The number of fused-ring (bicyclic) bond motifs is 1. The van der Waals surface area contributed by atoms with Crippen LogP contribution < -0.4 is 4.72 Å². The van der Waals surface area contributed by atoms with Crippen molar-refractivity contribution >= 4 is 15.7 Å². The fourth-order valence-corrected chi connectivity index (χ4v) is 4.49. The molecule has 1 heterocycles. The number of hydrogen-bond acceptors (Lipinski definition) is 3. The molecule has 2 aromatic rings. The van der Waals surface area contributed by atoms with E-state index in [9.17, 15) is 21.6 Å². The zero-order valence-corrected chi connectivity index (χ0v) is 15.7. The van der Waals surface area contributed by atoms with Gasteiger partial charge in [-0.3, -0.25) is 9.62 Å². The van der Waals surface area contributed by atoms with Crippen LogP contribution in [0.4, 0.5) is 18.9 Å². The second-order valence-corrected chi connectivity index (χ2v) is 8.30. The van der Waals surface area contributed by atoms with Crippen LogP contribution in [-0.2, 0) is 29.3 Å². The summed E-state index contributed by atoms with van der Waals surface area (Å²) < 4.78 is 66.8. The van der Waals surface area contributed by atoms with Gasteiger partial charge in [0.15, 0.2) is 0 Å². The minimum absolute atomic E-state index is 0.267. The second-order valence-electron chi connectivity index (χ2n) is 6.65. The Morgan fingerprint density at radius 3 is 2.48 bits per heavy atom. The van der Waals surface area contributed by atoms with Crippen molar-refractivity contribution < 1.29 is 21.6 Å². The molecule has 27 heavy (non-hydrogen) atoms. The highest BCUT2D eigenvalue weighted by atomic mass is 32.2. The first kappa shape index (κ1) is 19.7. The molecule has 2 aromatic carbocycles. The Kier molecular flexibility index (Phi) is 5.48. The molecule has 1 aliphatic rings. The first-order chi connectivity index (χ1) is 12.7. The number of unbranched alkanes of at least 4 members (excludes halogenated alkanes) is 1. The van der Waals surface area contributed by atoms with E-state index in [4.69, 9.17) is 0 Å². The maximum Gasteiger partial charge on any atom is 0.417 e. The number of nitrogens with zero attached hydrogens (tertiary/aromatic N) is 1. The summed E-state index contributed by atoms with van der Waals surface area (Å²) in [6, 6.07) is 9.30. The first-order valence-electron chi connectivity index (χ1n) is 8.74. The van der Waals surface area contributed by atoms with Crippen molar-refractivity contribution in [3.63, 3.8) is 0 Å². The molecule has 4 nitrogen and oxygen atoms in total. The lowest BCUT2D eigenvalue weighted by molar-refractivity contribution is -0.139. The van der Waals surface area contributed by atoms with E-state index in [1.54, 1.807) is 12.1 Å². The third-order valence-electron chi connectivity index (χ3n) is 4.56. The highest BCUT2D eigenvalue weighted by Gasteiger charge is 2.37. The number of halogens is 3. The molecule has 0 bridgehead atoms. The van der Waals surface area contributed by atoms with Gasteiger partial charge in [-0.2, -0.15) is 13.2 Å². The molecule has 0 unspecified atom stereocenters. The Morgan fingerprint density at radius 1 is 1.07 bits per heavy atom. The Morgan fingerprint density at radius 2 is 1.78 bits per heavy atom. The highest BCUT2D eigenvalue weighted by molar-refractivity contribution is 7.92. The van der Waals surface area contributed by atoms with E-state index in [2.05, 4.69) is 16.5 Å². The van der Waals surface area contributed by atoms with E-state index < -0.39 is 26.7 Å². The van der Waals surface area contributed by atoms with Gasteiger partial charge in [0.1, 0.15) is 0 Å². The van der Waals surface area contributed by atoms with Crippen LogP contribution in [0, 0.1) is 0 Å². The number of sulfonamides is 1. The second kappa shape index (κ2) is 7.52. The molecule has 1 N–H and O–H groups in total. The topological polar surface area (TPSA) is 49.4 Å². The summed E-state index contributed by atoms with van der Waals surface area (Å²) >= 11 is 0. The molecule has 1 aliphatic heterocycles. The molecule has 0 spiro atoms. The van der Waals surface area contributed by atoms with Gasteiger partial charge < -0.3 is 0 Å². The standard InChI is InChI=1S/C19H21F3N2O2S/c1-2-3-10-24-12-14-8-9-16(11-15(14)13-24)23-27(25,26)18-7-5-4-6-17(18)19(20,21)22/h4-9,11,23H,2-3,10,12-13H2,1H3. The predicted octanol–water partition coefficient (Wildman–Crippen LogP) is 4.62. The minimum atomic E-state index is -4.75. The summed E-state index contributed by atoms with van der Waals surface area (Å²) in [7, 11) is -4.36. The summed E-state index contributed by atoms with van der Waals surface area (Å²) in [6.07, 6.45) is -2.57. The van der Waals surface area contributed by atoms with E-state index in [1.165, 1.54) is 12.1 Å². The number of alkyl halides is 3. The van der Waals surface area contributed by atoms with Crippen molar-refractivity contribution in [1.82, 2.24) is 4.90 Å². The number of anilines is 1. The van der Waals surface area contributed by atoms with Crippen molar-refractivity contribution in [3.8, 4) is 0 Å². The van der Waals surface area contributed by atoms with Gasteiger partial charge in [-0.15, -0.1) is 0 Å². The maximum atomic E-state index is 13.1. The van der Waals surface area contributed by atoms with Crippen molar-refractivity contribution in [1.29, 1.82) is 0 Å². The number of hydrogen-bond donors (Lipinski definition) is 1. The molecule has 3 rings (SSSR count). The summed E-state index contributed by atoms with van der Waals surface area (Å²) in [4.78, 5) is 1.49. The van der Waals surface area contributed by atoms with Gasteiger partial charge in [0.05, 0.1) is 10.5 Å². The van der Waals surface area contributed by atoms with Gasteiger partial charge in [-0.25, -0.2) is 8.42 Å². The van der Waals surface area contributed by atoms with Crippen LogP contribution in [0.5, 0.6) is 0 Å². The summed E-state index contributed by atoms with van der Waals surface area (Å²) in [5, 5.41) is 0. The zero-order chi connectivity index (χ0) is 19.7. The molecule has 0 saturated heterocycles. The average Bonchev–Trinajstić information content (AvgIpc) is 3.01. The van der Waals surface area contributed by atoms with E-state index in [0.717, 1.165) is 49.2 Å². The van der Waals surface area contributed by atoms with Crippen LogP contribution in [0.25, 0.3) is 0 Å². The molecule has 0 aliphatic carbocycles. The number of rotatable bonds is 6. The van der Waals surface area contributed by atoms with Gasteiger partial charge >= 0.3 is 6.18 Å². The number of nitrogens with one attached hydrogen (secondary N) is 1. The Hall–Kier alpha value is -2.06. The van der Waals surface area contributed by atoms with Crippen LogP contribution in [-0.4, -0.2) is 19.9 Å². The van der Waals surface area contributed by atoms with Gasteiger partial charge in [-0.05, 0) is 48.4 Å². The van der Waals surface area contributed by atoms with E-state index in [0.29, 0.717) is 6.54 Å². The Bertz CT molecular complexity index is 927. The van der Waals surface area contributed by atoms with Gasteiger partial charge in [0.2, 0.25) is 0 Å². The van der Waals surface area contributed by atoms with Crippen molar-refractivity contribution in [3.05, 3.63) is 59.2 Å². The van der Waals surface area contributed by atoms with Crippen molar-refractivity contribution in [2.45, 2.75) is 43.9 Å². The quantitative estimate of drug-likeness (QED) is 0.772. The summed E-state index contributed by atoms with van der Waals surface area (Å²) in [5.74, 6) is 0. The van der Waals surface area contributed by atoms with Gasteiger partial charge in [-0.1, -0.05) is 31.5 Å². The molecular weight excluding hydrogens is 377 g/mol. The fourth-order valence-electron chi connectivity index (χ4n) is 3.21. The molecule has 0 radical (unpaired) electrons. The third kappa shape index (κ3) is 4.44. The maximum absolute atomic E-state index is 13.1. The van der Waals surface area contributed by atoms with Crippen LogP contribution >= 0.6 is 0 Å². The van der Waals surface area contributed by atoms with Gasteiger partial charge in [0, 0.05) is 18.8 Å². The van der Waals surface area contributed by atoms with E-state index >= 15 is 0 Å². The van der Waals surface area contributed by atoms with Crippen LogP contribution in [0.2, 0.25) is 0 Å². The monoisotopic (exact) mass is 398 g/mol. The van der Waals surface area contributed by atoms with Crippen LogP contribution in [0.1, 0.15) is 36.5 Å².